The van der Waals surface area contributed by atoms with Crippen molar-refractivity contribution in [3.63, 3.8) is 0 Å². The van der Waals surface area contributed by atoms with E-state index in [1.807, 2.05) is 12.8 Å². The lowest BCUT2D eigenvalue weighted by Crippen LogP contribution is -3.66. The van der Waals surface area contributed by atoms with Gasteiger partial charge in [-0.15, -0.1) is 0 Å². The lowest BCUT2D eigenvalue weighted by molar-refractivity contribution is -1.23. The summed E-state index contributed by atoms with van der Waals surface area (Å²) >= 11 is 0. The maximum absolute atomic E-state index is 1.85. The monoisotopic (exact) mass is 676 g/mol. The van der Waals surface area contributed by atoms with Crippen LogP contribution in [0, 0.1) is 294 Å². The van der Waals surface area contributed by atoms with Crippen LogP contribution in [0.15, 0.2) is 0 Å². The number of hydrogen-bond acceptors (Lipinski definition) is 0. The van der Waals surface area contributed by atoms with E-state index >= 15 is 0 Å². The van der Waals surface area contributed by atoms with Gasteiger partial charge in [0.15, 0.2) is 0 Å². The number of rotatable bonds is 0. The van der Waals surface area contributed by atoms with Gasteiger partial charge in [-0.25, -0.2) is 0 Å². The van der Waals surface area contributed by atoms with Crippen molar-refractivity contribution in [3.8, 4) is 0 Å². The Morgan fingerprint density at radius 3 is 1.13 bits per heavy atom. The van der Waals surface area contributed by atoms with E-state index in [4.69, 9.17) is 0 Å². The van der Waals surface area contributed by atoms with Crippen molar-refractivity contribution in [2.75, 3.05) is 0 Å². The molecule has 0 heteroatoms. The van der Waals surface area contributed by atoms with Crippen molar-refractivity contribution in [1.82, 2.24) is 0 Å². The Bertz CT molecular complexity index is 3630. The average Bonchev–Trinajstić information content (AvgIpc) is 3.58. The van der Waals surface area contributed by atoms with Gasteiger partial charge < -0.3 is 0 Å². The molecule has 0 N–H and O–H groups in total. The fourth-order valence-electron chi connectivity index (χ4n) is 62.9. The molecule has 0 nitrogen and oxygen atoms in total. The van der Waals surface area contributed by atoms with Crippen LogP contribution in [-0.4, -0.2) is 0 Å². The smallest absolute Gasteiger partial charge is 0.000715 e. The normalized spacial score (nSPS) is 148. The zero-order chi connectivity index (χ0) is 29.3. The van der Waals surface area contributed by atoms with Gasteiger partial charge >= 0.3 is 0 Å². The summed E-state index contributed by atoms with van der Waals surface area (Å²) in [7, 11) is 0. The van der Waals surface area contributed by atoms with Crippen LogP contribution in [0.2, 0.25) is 0 Å². The summed E-state index contributed by atoms with van der Waals surface area (Å²) in [5, 5.41) is 0. The molecule has 0 heterocycles. The summed E-state index contributed by atoms with van der Waals surface area (Å²) in [6.07, 6.45) is 3.70. The minimum atomic E-state index is 1.11. The molecule has 41 rings (SSSR count). The first-order valence-corrected chi connectivity index (χ1v) is 26.9. The second-order valence-corrected chi connectivity index (χ2v) is 35.8. The Hall–Kier alpha value is 0. The van der Waals surface area contributed by atoms with Gasteiger partial charge in [0, 0.05) is 0 Å². The number of hydrogen-bond donors (Lipinski definition) is 0. The molecule has 0 bridgehead atoms. The number of fused-ring (bicyclic) bond motifs is 19. The van der Waals surface area contributed by atoms with Gasteiger partial charge in [-0.2, -0.15) is 0 Å². The Balaban J connectivity index is 0.795. The molecule has 54 heavy (non-hydrogen) atoms. The van der Waals surface area contributed by atoms with Crippen LogP contribution in [0.25, 0.3) is 0 Å². The van der Waals surface area contributed by atoms with Crippen LogP contribution in [-0.2, 0) is 0 Å². The first-order valence-electron chi connectivity index (χ1n) is 26.9. The summed E-state index contributed by atoms with van der Waals surface area (Å²) in [6.45, 7) is 0. The van der Waals surface area contributed by atoms with Gasteiger partial charge in [0.25, 0.3) is 0 Å². The molecule has 0 aromatic heterocycles. The largest absolute Gasteiger partial charge is 0.0458 e. The van der Waals surface area contributed by atoms with E-state index in [1.54, 1.807) is 0 Å². The molecule has 41 aliphatic carbocycles. The Morgan fingerprint density at radius 1 is 0.204 bits per heavy atom. The van der Waals surface area contributed by atoms with Crippen molar-refractivity contribution in [3.05, 3.63) is 0 Å². The summed E-state index contributed by atoms with van der Waals surface area (Å²) in [5.74, 6) is 34.2. The third-order valence-electron chi connectivity index (χ3n) is 48.7. The van der Waals surface area contributed by atoms with Gasteiger partial charge in [0.2, 0.25) is 0 Å². The van der Waals surface area contributed by atoms with Crippen LogP contribution in [0.4, 0.5) is 0 Å². The first kappa shape index (κ1) is 17.2. The van der Waals surface area contributed by atoms with Gasteiger partial charge in [-0.05, 0) is 306 Å². The summed E-state index contributed by atoms with van der Waals surface area (Å²) in [5.41, 5.74) is 32.1. The molecule has 0 radical (unpaired) electrons. The maximum Gasteiger partial charge on any atom is -0.000715 e. The van der Waals surface area contributed by atoms with E-state index in [9.17, 15) is 0 Å². The lowest BCUT2D eigenvalue weighted by atomic mass is 8.35. The first-order chi connectivity index (χ1) is 26.9. The van der Waals surface area contributed by atoms with Crippen molar-refractivity contribution in [2.24, 2.45) is 294 Å². The Kier molecular flexibility index (Phi) is 0.778. The molecule has 0 aromatic carbocycles. The minimum absolute atomic E-state index is 1.11. The zero-order valence-corrected chi connectivity index (χ0v) is 29.3. The van der Waals surface area contributed by atoms with Crippen LogP contribution < -0.4 is 0 Å². The molecule has 41 saturated carbocycles. The van der Waals surface area contributed by atoms with E-state index < -0.39 is 0 Å². The van der Waals surface area contributed by atoms with Gasteiger partial charge in [-0.1, -0.05) is 0 Å². The molecule has 0 saturated heterocycles. The van der Waals surface area contributed by atoms with Crippen LogP contribution >= 0.6 is 0 Å². The van der Waals surface area contributed by atoms with Crippen LogP contribution in [0.5, 0.6) is 0 Å². The highest BCUT2D eigenvalue weighted by atomic mass is 15.7. The molecule has 0 aromatic rings. The molecule has 0 aliphatic heterocycles. The molecule has 0 amide bonds. The summed E-state index contributed by atoms with van der Waals surface area (Å²) in [6, 6.07) is 0. The van der Waals surface area contributed by atoms with E-state index in [0.29, 0.717) is 0 Å². The third kappa shape index (κ3) is 0.338. The molecular weight excluding hydrogens is 649 g/mol. The molecule has 41 aliphatic rings. The molecule has 52 atom stereocenters. The molecule has 244 valence electrons. The summed E-state index contributed by atoms with van der Waals surface area (Å²) < 4.78 is 0. The maximum atomic E-state index is 1.85. The Labute approximate surface area is 305 Å². The predicted molar refractivity (Wildman–Crippen MR) is 161 cm³/mol. The quantitative estimate of drug-likeness (QED) is 0.367. The SMILES string of the molecule is C1C2C3C4CC5C6C7C8C9C%10C%11C%12C%13C%14%15C%16C%17C%14C%14%18C%17%19C%16C%16C%17C%20C%21C%22C%23C%24C1C21C32C45C63C74C85C96C%107C%118C%12(C%13%15%14)C%189C%16%19C%17%10C%20%11C%21%12C%22%13C%23%14C%241C23C%144C%135C%126C%117C%1089. The highest BCUT2D eigenvalue weighted by molar-refractivity contribution is 6.15. The fraction of sp³-hybridized carbons (Fsp3) is 1.00. The van der Waals surface area contributed by atoms with Crippen LogP contribution in [0.1, 0.15) is 12.8 Å². The van der Waals surface area contributed by atoms with E-state index in [1.165, 1.54) is 147 Å². The lowest BCUT2D eigenvalue weighted by Gasteiger charge is -3.67. The van der Waals surface area contributed by atoms with E-state index in [2.05, 4.69) is 0 Å². The standard InChI is InChI=1S/C54H28/c1-3-7-4-2-6-9-13-16-19-21-22-24-26-27-10-11-14-17-20-18-15-12-8-5(1)28(3)31(7)29(4,6)33(9)36(13)39(16)42(19)43(21)44(22)45(24)46(26,27)47-25(27)23(10)30(11,47)34(14)37(17)40(20)41(18)38(15)35(12)32(8,28)48(31,33)50(35,36)52(38,39)54(41,42)53(40,43)51(37,44)49(34,45)47/h3-26H,1-2H2. The van der Waals surface area contributed by atoms with Gasteiger partial charge in [-0.3, -0.25) is 0 Å². The summed E-state index contributed by atoms with van der Waals surface area (Å²) in [4.78, 5) is 0. The molecule has 52 unspecified atom stereocenters. The Morgan fingerprint density at radius 2 is 0.574 bits per heavy atom. The molecule has 28 spiro atoms. The highest BCUT2D eigenvalue weighted by Gasteiger charge is 3.71. The topological polar surface area (TPSA) is 0 Å². The minimum Gasteiger partial charge on any atom is -0.0458 e. The van der Waals surface area contributed by atoms with Crippen molar-refractivity contribution in [2.45, 2.75) is 12.8 Å². The van der Waals surface area contributed by atoms with Crippen molar-refractivity contribution >= 4 is 0 Å². The zero-order valence-electron chi connectivity index (χ0n) is 29.3. The van der Waals surface area contributed by atoms with E-state index in [-0.39, 0.29) is 0 Å². The van der Waals surface area contributed by atoms with Crippen LogP contribution in [0.3, 0.4) is 0 Å². The van der Waals surface area contributed by atoms with Crippen molar-refractivity contribution < 1.29 is 0 Å². The molecule has 41 fully saturated rings. The second-order valence-electron chi connectivity index (χ2n) is 35.8. The highest BCUT2D eigenvalue weighted by Crippen LogP contribution is 3.72. The predicted octanol–water partition coefficient (Wildman–Crippen LogP) is 3.73. The third-order valence-corrected chi connectivity index (χ3v) is 48.7. The molecular formula is C54H28. The second kappa shape index (κ2) is 2.45. The van der Waals surface area contributed by atoms with E-state index in [0.717, 1.165) is 146 Å². The fourth-order valence-corrected chi connectivity index (χ4v) is 62.9. The van der Waals surface area contributed by atoms with Gasteiger partial charge in [0.1, 0.15) is 0 Å². The van der Waals surface area contributed by atoms with Crippen molar-refractivity contribution in [1.29, 1.82) is 0 Å². The average molecular weight is 677 g/mol. The van der Waals surface area contributed by atoms with Gasteiger partial charge in [0.05, 0.1) is 0 Å².